The van der Waals surface area contributed by atoms with Crippen LogP contribution in [0.5, 0.6) is 11.5 Å². The fourth-order valence-corrected chi connectivity index (χ4v) is 5.07. The molecular weight excluding hydrogens is 518 g/mol. The highest BCUT2D eigenvalue weighted by atomic mass is 35.5. The third kappa shape index (κ3) is 5.90. The van der Waals surface area contributed by atoms with Crippen LogP contribution in [-0.4, -0.2) is 32.8 Å². The molecule has 1 amide bonds. The molecule has 1 saturated heterocycles. The third-order valence-corrected chi connectivity index (χ3v) is 6.89. The van der Waals surface area contributed by atoms with Gasteiger partial charge in [-0.3, -0.25) is 9.69 Å². The quantitative estimate of drug-likeness (QED) is 0.251. The van der Waals surface area contributed by atoms with E-state index in [1.165, 1.54) is 0 Å². The molecule has 1 unspecified atom stereocenters. The van der Waals surface area contributed by atoms with Crippen LogP contribution in [0.2, 0.25) is 5.02 Å². The van der Waals surface area contributed by atoms with Crippen molar-refractivity contribution in [2.75, 3.05) is 6.61 Å². The fourth-order valence-electron chi connectivity index (χ4n) is 3.63. The number of carbonyl (C=O) groups is 2. The smallest absolute Gasteiger partial charge is 0.331 e. The maximum atomic E-state index is 13.2. The summed E-state index contributed by atoms with van der Waals surface area (Å²) in [4.78, 5) is 26.8. The molecule has 1 aliphatic heterocycles. The van der Waals surface area contributed by atoms with Crippen molar-refractivity contribution in [3.63, 3.8) is 0 Å². The number of thiocarbonyl (C=S) groups is 1. The van der Waals surface area contributed by atoms with Gasteiger partial charge in [-0.1, -0.05) is 84.1 Å². The number of carboxylic acids is 1. The minimum Gasteiger partial charge on any atom is -0.490 e. The first-order valence-electron chi connectivity index (χ1n) is 11.1. The third-order valence-electron chi connectivity index (χ3n) is 5.30. The summed E-state index contributed by atoms with van der Waals surface area (Å²) in [7, 11) is 0. The summed E-state index contributed by atoms with van der Waals surface area (Å²) in [5, 5.41) is 10.5. The number of nitrogens with zero attached hydrogens (tertiary/aromatic N) is 1. The van der Waals surface area contributed by atoms with Gasteiger partial charge in [0.15, 0.2) is 17.5 Å². The average Bonchev–Trinajstić information content (AvgIpc) is 3.13. The number of carbonyl (C=O) groups excluding carboxylic acids is 1. The van der Waals surface area contributed by atoms with E-state index in [1.54, 1.807) is 66.7 Å². The normalized spacial score (nSPS) is 15.3. The van der Waals surface area contributed by atoms with E-state index in [0.29, 0.717) is 45.8 Å². The van der Waals surface area contributed by atoms with Gasteiger partial charge in [0.05, 0.1) is 11.5 Å². The summed E-state index contributed by atoms with van der Waals surface area (Å²) >= 11 is 12.4. The molecule has 0 radical (unpaired) electrons. The zero-order valence-electron chi connectivity index (χ0n) is 19.2. The van der Waals surface area contributed by atoms with Crippen LogP contribution in [0, 0.1) is 0 Å². The molecule has 0 saturated carbocycles. The van der Waals surface area contributed by atoms with E-state index in [0.717, 1.165) is 22.2 Å². The molecule has 0 aromatic heterocycles. The van der Waals surface area contributed by atoms with Crippen LogP contribution >= 0.6 is 35.6 Å². The Morgan fingerprint density at radius 2 is 1.81 bits per heavy atom. The fraction of sp³-hybridized carbons (Fsp3) is 0.148. The summed E-state index contributed by atoms with van der Waals surface area (Å²) in [6.45, 7) is 2.64. The van der Waals surface area contributed by atoms with Crippen molar-refractivity contribution in [2.45, 2.75) is 19.6 Å². The first-order chi connectivity index (χ1) is 17.4. The van der Waals surface area contributed by atoms with Crippen molar-refractivity contribution < 1.29 is 24.2 Å². The number of thioether (sulfide) groups is 1. The standard InChI is InChI=1S/C27H22ClNO5S2/c1-2-33-22-14-18(10-13-21(22)34-16-17-8-11-20(28)12-9-17)15-23-25(30)29(27(35)36-23)24(26(31)32)19-6-4-3-5-7-19/h3-15,24H,2,16H2,1H3,(H,31,32). The molecule has 3 aromatic carbocycles. The molecule has 6 nitrogen and oxygen atoms in total. The van der Waals surface area contributed by atoms with Crippen LogP contribution in [0.15, 0.2) is 77.7 Å². The number of hydrogen-bond acceptors (Lipinski definition) is 6. The maximum Gasteiger partial charge on any atom is 0.331 e. The van der Waals surface area contributed by atoms with Gasteiger partial charge in [-0.2, -0.15) is 0 Å². The second-order valence-electron chi connectivity index (χ2n) is 7.76. The molecule has 9 heteroatoms. The van der Waals surface area contributed by atoms with Crippen LogP contribution in [0.1, 0.15) is 29.7 Å². The monoisotopic (exact) mass is 539 g/mol. The summed E-state index contributed by atoms with van der Waals surface area (Å²) in [6.07, 6.45) is 1.68. The predicted molar refractivity (Wildman–Crippen MR) is 145 cm³/mol. The van der Waals surface area contributed by atoms with Crippen molar-refractivity contribution in [2.24, 2.45) is 0 Å². The topological polar surface area (TPSA) is 76.1 Å². The van der Waals surface area contributed by atoms with Crippen molar-refractivity contribution >= 4 is 57.9 Å². The lowest BCUT2D eigenvalue weighted by Crippen LogP contribution is -2.37. The molecule has 1 heterocycles. The highest BCUT2D eigenvalue weighted by Crippen LogP contribution is 2.39. The molecule has 36 heavy (non-hydrogen) atoms. The van der Waals surface area contributed by atoms with E-state index >= 15 is 0 Å². The highest BCUT2D eigenvalue weighted by molar-refractivity contribution is 8.26. The van der Waals surface area contributed by atoms with Gasteiger partial charge in [0.25, 0.3) is 5.91 Å². The Morgan fingerprint density at radius 1 is 1.08 bits per heavy atom. The van der Waals surface area contributed by atoms with Crippen molar-refractivity contribution in [3.05, 3.63) is 99.4 Å². The Morgan fingerprint density at radius 3 is 2.47 bits per heavy atom. The average molecular weight is 540 g/mol. The van der Waals surface area contributed by atoms with Crippen molar-refractivity contribution in [1.82, 2.24) is 4.90 Å². The number of halogens is 1. The number of benzene rings is 3. The van der Waals surface area contributed by atoms with Gasteiger partial charge in [-0.15, -0.1) is 0 Å². The number of ether oxygens (including phenoxy) is 2. The molecule has 1 N–H and O–H groups in total. The number of hydrogen-bond donors (Lipinski definition) is 1. The predicted octanol–water partition coefficient (Wildman–Crippen LogP) is 6.34. The Kier molecular flexibility index (Phi) is 8.30. The maximum absolute atomic E-state index is 13.2. The van der Waals surface area contributed by atoms with Gasteiger partial charge in [0.1, 0.15) is 10.9 Å². The summed E-state index contributed by atoms with van der Waals surface area (Å²) < 4.78 is 11.9. The Hall–Kier alpha value is -3.33. The van der Waals surface area contributed by atoms with Gasteiger partial charge in [-0.25, -0.2) is 4.79 Å². The van der Waals surface area contributed by atoms with E-state index in [4.69, 9.17) is 33.3 Å². The van der Waals surface area contributed by atoms with Gasteiger partial charge >= 0.3 is 5.97 Å². The van der Waals surface area contributed by atoms with E-state index < -0.39 is 17.9 Å². The minimum atomic E-state index is -1.20. The molecular formula is C27H22ClNO5S2. The SMILES string of the molecule is CCOc1cc(C=C2SC(=S)N(C(C(=O)O)c3ccccc3)C2=O)ccc1OCc1ccc(Cl)cc1. The van der Waals surface area contributed by atoms with Gasteiger partial charge in [-0.05, 0) is 54.0 Å². The number of rotatable bonds is 9. The second-order valence-corrected chi connectivity index (χ2v) is 9.87. The summed E-state index contributed by atoms with van der Waals surface area (Å²) in [5.41, 5.74) is 2.13. The zero-order chi connectivity index (χ0) is 25.7. The van der Waals surface area contributed by atoms with Gasteiger partial charge in [0.2, 0.25) is 0 Å². The lowest BCUT2D eigenvalue weighted by Gasteiger charge is -2.23. The lowest BCUT2D eigenvalue weighted by molar-refractivity contribution is -0.145. The molecule has 4 rings (SSSR count). The first kappa shape index (κ1) is 25.8. The van der Waals surface area contributed by atoms with Crippen LogP contribution < -0.4 is 9.47 Å². The number of aliphatic carboxylic acids is 1. The lowest BCUT2D eigenvalue weighted by atomic mass is 10.1. The van der Waals surface area contributed by atoms with Crippen LogP contribution in [0.4, 0.5) is 0 Å². The van der Waals surface area contributed by atoms with Crippen LogP contribution in [0.3, 0.4) is 0 Å². The molecule has 1 atom stereocenters. The molecule has 0 bridgehead atoms. The Labute approximate surface area is 223 Å². The Bertz CT molecular complexity index is 1310. The van der Waals surface area contributed by atoms with E-state index in [2.05, 4.69) is 0 Å². The van der Waals surface area contributed by atoms with Crippen LogP contribution in [0.25, 0.3) is 6.08 Å². The molecule has 184 valence electrons. The van der Waals surface area contributed by atoms with E-state index in [9.17, 15) is 14.7 Å². The summed E-state index contributed by atoms with van der Waals surface area (Å²) in [6, 6.07) is 20.1. The number of amides is 1. The first-order valence-corrected chi connectivity index (χ1v) is 12.7. The summed E-state index contributed by atoms with van der Waals surface area (Å²) in [5.74, 6) is -0.517. The van der Waals surface area contributed by atoms with Gasteiger partial charge < -0.3 is 14.6 Å². The Balaban J connectivity index is 1.56. The minimum absolute atomic E-state index is 0.190. The molecule has 0 aliphatic carbocycles. The molecule has 0 spiro atoms. The molecule has 3 aromatic rings. The number of carboxylic acid groups (broad SMARTS) is 1. The molecule has 1 aliphatic rings. The van der Waals surface area contributed by atoms with Gasteiger partial charge in [0, 0.05) is 5.02 Å². The largest absolute Gasteiger partial charge is 0.490 e. The highest BCUT2D eigenvalue weighted by Gasteiger charge is 2.41. The van der Waals surface area contributed by atoms with Crippen molar-refractivity contribution in [1.29, 1.82) is 0 Å². The zero-order valence-corrected chi connectivity index (χ0v) is 21.6. The second kappa shape index (κ2) is 11.6. The van der Waals surface area contributed by atoms with Crippen LogP contribution in [-0.2, 0) is 16.2 Å². The van der Waals surface area contributed by atoms with Crippen molar-refractivity contribution in [3.8, 4) is 11.5 Å². The molecule has 1 fully saturated rings. The van der Waals surface area contributed by atoms with E-state index in [1.807, 2.05) is 19.1 Å². The van der Waals surface area contributed by atoms with E-state index in [-0.39, 0.29) is 4.32 Å².